The number of imidazole rings is 1. The van der Waals surface area contributed by atoms with Crippen LogP contribution in [0.5, 0.6) is 0 Å². The van der Waals surface area contributed by atoms with Crippen LogP contribution >= 0.6 is 23.5 Å². The molecule has 0 aliphatic heterocycles. The summed E-state index contributed by atoms with van der Waals surface area (Å²) in [7, 11) is -3.59. The highest BCUT2D eigenvalue weighted by Gasteiger charge is 2.55. The van der Waals surface area contributed by atoms with Crippen LogP contribution in [0.2, 0.25) is 0 Å². The van der Waals surface area contributed by atoms with Gasteiger partial charge in [-0.25, -0.2) is 19.0 Å². The van der Waals surface area contributed by atoms with Crippen LogP contribution < -0.4 is 5.69 Å². The molecule has 0 amide bonds. The first-order valence-electron chi connectivity index (χ1n) is 12.2. The van der Waals surface area contributed by atoms with Gasteiger partial charge in [0.1, 0.15) is 0 Å². The Kier molecular flexibility index (Phi) is 10.2. The number of esters is 1. The van der Waals surface area contributed by atoms with E-state index in [0.29, 0.717) is 16.8 Å². The van der Waals surface area contributed by atoms with Crippen molar-refractivity contribution in [2.24, 2.45) is 0 Å². The molecule has 40 heavy (non-hydrogen) atoms. The highest BCUT2D eigenvalue weighted by molar-refractivity contribution is 9.10. The predicted octanol–water partition coefficient (Wildman–Crippen LogP) is 6.23. The number of hydrogen-bond acceptors (Lipinski definition) is 8. The number of benzene rings is 2. The summed E-state index contributed by atoms with van der Waals surface area (Å²) in [6.45, 7) is 3.88. The van der Waals surface area contributed by atoms with Gasteiger partial charge in [-0.1, -0.05) is 40.2 Å². The van der Waals surface area contributed by atoms with Crippen molar-refractivity contribution in [1.82, 2.24) is 9.13 Å². The van der Waals surface area contributed by atoms with Gasteiger partial charge in [-0.05, 0) is 50.1 Å². The van der Waals surface area contributed by atoms with Crippen molar-refractivity contribution in [2.75, 3.05) is 26.9 Å². The van der Waals surface area contributed by atoms with Crippen LogP contribution in [0.25, 0.3) is 11.3 Å². The molecule has 2 aromatic carbocycles. The number of alkyl halides is 2. The molecule has 10 nitrogen and oxygen atoms in total. The summed E-state index contributed by atoms with van der Waals surface area (Å²) >= 11 is 3.13. The fourth-order valence-corrected chi connectivity index (χ4v) is 6.25. The average Bonchev–Trinajstić information content (AvgIpc) is 3.24. The van der Waals surface area contributed by atoms with Gasteiger partial charge in [0.25, 0.3) is 0 Å². The third-order valence-corrected chi connectivity index (χ3v) is 8.47. The third-order valence-electron chi connectivity index (χ3n) is 5.69. The van der Waals surface area contributed by atoms with Crippen LogP contribution in [0.3, 0.4) is 0 Å². The number of carbonyl (C=O) groups is 2. The maximum absolute atomic E-state index is 15.3. The molecule has 0 bridgehead atoms. The smallest absolute Gasteiger partial charge is 0.422 e. The van der Waals surface area contributed by atoms with Crippen LogP contribution in [0, 0.1) is 0 Å². The lowest BCUT2D eigenvalue weighted by molar-refractivity contribution is 0.0354. The minimum Gasteiger partial charge on any atom is -0.465 e. The van der Waals surface area contributed by atoms with Gasteiger partial charge in [0, 0.05) is 16.2 Å². The van der Waals surface area contributed by atoms with Gasteiger partial charge in [0.05, 0.1) is 44.7 Å². The zero-order valence-electron chi connectivity index (χ0n) is 22.2. The summed E-state index contributed by atoms with van der Waals surface area (Å²) in [5, 5.41) is 0. The Morgan fingerprint density at radius 3 is 2.15 bits per heavy atom. The lowest BCUT2D eigenvalue weighted by atomic mass is 10.1. The first-order chi connectivity index (χ1) is 18.9. The second-order valence-corrected chi connectivity index (χ2v) is 11.1. The lowest BCUT2D eigenvalue weighted by Crippen LogP contribution is -2.30. The molecular weight excluding hydrogens is 617 g/mol. The number of carbonyl (C=O) groups excluding carboxylic acids is 2. The molecule has 0 saturated carbocycles. The summed E-state index contributed by atoms with van der Waals surface area (Å²) in [5.41, 5.74) is -3.83. The van der Waals surface area contributed by atoms with Crippen molar-refractivity contribution in [3.05, 3.63) is 80.3 Å². The van der Waals surface area contributed by atoms with Crippen LogP contribution in [0.15, 0.2) is 57.9 Å². The first-order valence-corrected chi connectivity index (χ1v) is 14.5. The highest BCUT2D eigenvalue weighted by Crippen LogP contribution is 2.67. The Morgan fingerprint density at radius 2 is 1.62 bits per heavy atom. The van der Waals surface area contributed by atoms with Gasteiger partial charge in [0.15, 0.2) is 0 Å². The van der Waals surface area contributed by atoms with Gasteiger partial charge in [-0.2, -0.15) is 8.78 Å². The fourth-order valence-electron chi connectivity index (χ4n) is 3.85. The van der Waals surface area contributed by atoms with Crippen LogP contribution in [-0.2, 0) is 35.3 Å². The largest absolute Gasteiger partial charge is 0.465 e. The standard InChI is InChI=1S/C26H28BrF2N2O8P/c1-5-37-25(34)31-16-22(18-9-11-19(12-10-18)23(32)36-4)30(24(31)33)15-17-8-13-20(21(27)14-17)26(28,29)40(35,38-6-2)39-7-3/h8-14,16H,5-7,15H2,1-4H3. The van der Waals surface area contributed by atoms with E-state index in [1.165, 1.54) is 56.0 Å². The van der Waals surface area contributed by atoms with Crippen molar-refractivity contribution < 1.29 is 41.5 Å². The van der Waals surface area contributed by atoms with Crippen molar-refractivity contribution in [2.45, 2.75) is 33.0 Å². The van der Waals surface area contributed by atoms with E-state index in [-0.39, 0.29) is 36.4 Å². The molecule has 0 N–H and O–H groups in total. The average molecular weight is 645 g/mol. The molecule has 0 aliphatic carbocycles. The maximum Gasteiger partial charge on any atom is 0.422 e. The molecule has 1 aromatic heterocycles. The normalized spacial score (nSPS) is 11.9. The summed E-state index contributed by atoms with van der Waals surface area (Å²) in [5.74, 6) is -0.548. The molecule has 0 radical (unpaired) electrons. The molecular formula is C26H28BrF2N2O8P. The van der Waals surface area contributed by atoms with E-state index in [4.69, 9.17) is 18.5 Å². The lowest BCUT2D eigenvalue weighted by Gasteiger charge is -2.26. The third kappa shape index (κ3) is 6.27. The molecule has 0 unspecified atom stereocenters. The Labute approximate surface area is 237 Å². The molecule has 3 rings (SSSR count). The second kappa shape index (κ2) is 13.0. The summed E-state index contributed by atoms with van der Waals surface area (Å²) in [6, 6.07) is 9.91. The van der Waals surface area contributed by atoms with Crippen molar-refractivity contribution >= 4 is 35.6 Å². The molecule has 0 spiro atoms. The van der Waals surface area contributed by atoms with Gasteiger partial charge in [0.2, 0.25) is 0 Å². The number of hydrogen-bond donors (Lipinski definition) is 0. The fraction of sp³-hybridized carbons (Fsp3) is 0.346. The topological polar surface area (TPSA) is 115 Å². The van der Waals surface area contributed by atoms with Crippen LogP contribution in [-0.4, -0.2) is 48.1 Å². The monoisotopic (exact) mass is 644 g/mol. The quantitative estimate of drug-likeness (QED) is 0.178. The van der Waals surface area contributed by atoms with E-state index in [0.717, 1.165) is 10.6 Å². The number of aromatic nitrogens is 2. The minimum absolute atomic E-state index is 0.0373. The van der Waals surface area contributed by atoms with Gasteiger partial charge in [-0.3, -0.25) is 9.13 Å². The zero-order chi connectivity index (χ0) is 29.7. The summed E-state index contributed by atoms with van der Waals surface area (Å²) in [6.07, 6.45) is 0.406. The Hall–Kier alpha value is -3.12. The van der Waals surface area contributed by atoms with Crippen molar-refractivity contribution in [3.63, 3.8) is 0 Å². The van der Waals surface area contributed by atoms with E-state index in [2.05, 4.69) is 15.9 Å². The molecule has 0 fully saturated rings. The van der Waals surface area contributed by atoms with Crippen LogP contribution in [0.1, 0.15) is 42.3 Å². The molecule has 1 heterocycles. The summed E-state index contributed by atoms with van der Waals surface area (Å²) < 4.78 is 65.0. The number of halogens is 3. The highest BCUT2D eigenvalue weighted by atomic mass is 79.9. The minimum atomic E-state index is -4.84. The number of nitrogens with zero attached hydrogens (tertiary/aromatic N) is 2. The second-order valence-electron chi connectivity index (χ2n) is 8.21. The Balaban J connectivity index is 2.06. The Morgan fingerprint density at radius 1 is 1.00 bits per heavy atom. The number of ether oxygens (including phenoxy) is 2. The van der Waals surface area contributed by atoms with E-state index >= 15 is 8.78 Å². The molecule has 216 valence electrons. The molecule has 0 aliphatic rings. The van der Waals surface area contributed by atoms with Gasteiger partial charge in [-0.15, -0.1) is 0 Å². The zero-order valence-corrected chi connectivity index (χ0v) is 24.7. The van der Waals surface area contributed by atoms with E-state index in [9.17, 15) is 18.9 Å². The number of methoxy groups -OCH3 is 1. The van der Waals surface area contributed by atoms with E-state index < -0.39 is 36.6 Å². The molecule has 3 aromatic rings. The van der Waals surface area contributed by atoms with E-state index in [1.54, 1.807) is 19.1 Å². The summed E-state index contributed by atoms with van der Waals surface area (Å²) in [4.78, 5) is 37.5. The first kappa shape index (κ1) is 31.4. The maximum atomic E-state index is 15.3. The predicted molar refractivity (Wildman–Crippen MR) is 146 cm³/mol. The van der Waals surface area contributed by atoms with Crippen molar-refractivity contribution in [3.8, 4) is 11.3 Å². The van der Waals surface area contributed by atoms with Crippen LogP contribution in [0.4, 0.5) is 13.6 Å². The number of rotatable bonds is 11. The molecule has 0 saturated heterocycles. The van der Waals surface area contributed by atoms with Gasteiger partial charge >= 0.3 is 31.0 Å². The van der Waals surface area contributed by atoms with Crippen molar-refractivity contribution in [1.29, 1.82) is 0 Å². The van der Waals surface area contributed by atoms with E-state index in [1.807, 2.05) is 0 Å². The SMILES string of the molecule is CCOC(=O)n1cc(-c2ccc(C(=O)OC)cc2)n(Cc2ccc(C(F)(F)P(=O)(OCC)OCC)c(Br)c2)c1=O. The molecule has 14 heteroatoms. The Bertz CT molecular complexity index is 1480. The van der Waals surface area contributed by atoms with Gasteiger partial charge < -0.3 is 18.5 Å². The molecule has 0 atom stereocenters.